The number of benzene rings is 1. The molecule has 1 unspecified atom stereocenters. The van der Waals surface area contributed by atoms with Crippen molar-refractivity contribution >= 4 is 21.9 Å². The monoisotopic (exact) mass is 335 g/mol. The van der Waals surface area contributed by atoms with Crippen molar-refractivity contribution in [2.24, 2.45) is 5.73 Å². The molecule has 6 heteroatoms. The van der Waals surface area contributed by atoms with E-state index in [1.165, 1.54) is 0 Å². The van der Waals surface area contributed by atoms with Crippen LogP contribution in [0, 0.1) is 6.92 Å². The summed E-state index contributed by atoms with van der Waals surface area (Å²) in [5, 5.41) is 8.86. The molecule has 0 aliphatic rings. The van der Waals surface area contributed by atoms with Crippen LogP contribution in [0.3, 0.4) is 0 Å². The Morgan fingerprint density at radius 1 is 1.40 bits per heavy atom. The zero-order chi connectivity index (χ0) is 14.7. The average Bonchev–Trinajstić information content (AvgIpc) is 2.38. The van der Waals surface area contributed by atoms with Gasteiger partial charge in [-0.2, -0.15) is 0 Å². The minimum Gasteiger partial charge on any atom is -0.480 e. The first-order valence-electron chi connectivity index (χ1n) is 6.05. The van der Waals surface area contributed by atoms with Crippen molar-refractivity contribution in [2.45, 2.75) is 19.4 Å². The largest absolute Gasteiger partial charge is 0.480 e. The normalized spacial score (nSPS) is 12.2. The quantitative estimate of drug-likeness (QED) is 0.893. The van der Waals surface area contributed by atoms with Crippen molar-refractivity contribution in [3.63, 3.8) is 0 Å². The van der Waals surface area contributed by atoms with Crippen molar-refractivity contribution < 1.29 is 9.90 Å². The lowest BCUT2D eigenvalue weighted by molar-refractivity contribution is -0.138. The fourth-order valence-electron chi connectivity index (χ4n) is 1.81. The summed E-state index contributed by atoms with van der Waals surface area (Å²) < 4.78 is 0.923. The fourth-order valence-corrected chi connectivity index (χ4v) is 2.30. The molecule has 0 bridgehead atoms. The molecule has 0 saturated heterocycles. The molecule has 0 saturated carbocycles. The number of aliphatic carboxylic acids is 1. The third-order valence-electron chi connectivity index (χ3n) is 2.77. The maximum atomic E-state index is 10.8. The number of carboxylic acids is 1. The van der Waals surface area contributed by atoms with Crippen LogP contribution in [-0.2, 0) is 11.2 Å². The summed E-state index contributed by atoms with van der Waals surface area (Å²) in [4.78, 5) is 19.5. The Morgan fingerprint density at radius 2 is 2.10 bits per heavy atom. The van der Waals surface area contributed by atoms with Crippen LogP contribution in [0.5, 0.6) is 0 Å². The molecule has 1 heterocycles. The number of rotatable bonds is 4. The first-order chi connectivity index (χ1) is 9.47. The van der Waals surface area contributed by atoms with E-state index < -0.39 is 12.0 Å². The van der Waals surface area contributed by atoms with Crippen LogP contribution < -0.4 is 5.73 Å². The molecule has 0 fully saturated rings. The van der Waals surface area contributed by atoms with Crippen molar-refractivity contribution in [1.82, 2.24) is 9.97 Å². The van der Waals surface area contributed by atoms with Gasteiger partial charge in [0.25, 0.3) is 0 Å². The van der Waals surface area contributed by atoms with Gasteiger partial charge in [-0.05, 0) is 19.1 Å². The molecule has 0 radical (unpaired) electrons. The van der Waals surface area contributed by atoms with E-state index in [1.807, 2.05) is 37.3 Å². The van der Waals surface area contributed by atoms with Crippen LogP contribution in [0.15, 0.2) is 34.8 Å². The summed E-state index contributed by atoms with van der Waals surface area (Å²) in [5.74, 6) is -0.622. The van der Waals surface area contributed by atoms with Crippen LogP contribution in [0.4, 0.5) is 0 Å². The van der Waals surface area contributed by atoms with Crippen molar-refractivity contribution in [2.75, 3.05) is 0 Å². The Hall–Kier alpha value is -1.79. The minimum atomic E-state index is -1.06. The molecule has 0 amide bonds. The standard InChI is InChI=1S/C14H14BrN3O2/c1-8-6-12(9-4-2-3-5-10(9)15)18-13(17-8)7-11(16)14(19)20/h2-6,11H,7,16H2,1H3,(H,19,20). The maximum Gasteiger partial charge on any atom is 0.320 e. The van der Waals surface area contributed by atoms with Crippen LogP contribution in [-0.4, -0.2) is 27.1 Å². The van der Waals surface area contributed by atoms with Gasteiger partial charge in [-0.25, -0.2) is 9.97 Å². The molecule has 1 aromatic heterocycles. The lowest BCUT2D eigenvalue weighted by atomic mass is 10.1. The van der Waals surface area contributed by atoms with Crippen molar-refractivity contribution in [1.29, 1.82) is 0 Å². The molecule has 2 aromatic rings. The van der Waals surface area contributed by atoms with Gasteiger partial charge in [-0.1, -0.05) is 34.1 Å². The summed E-state index contributed by atoms with van der Waals surface area (Å²) >= 11 is 3.48. The predicted octanol–water partition coefficient (Wildman–Crippen LogP) is 2.17. The SMILES string of the molecule is Cc1cc(-c2ccccc2Br)nc(CC(N)C(=O)O)n1. The lowest BCUT2D eigenvalue weighted by Gasteiger charge is -2.09. The Balaban J connectivity index is 2.39. The Labute approximate surface area is 125 Å². The summed E-state index contributed by atoms with van der Waals surface area (Å²) in [6.07, 6.45) is 0.106. The van der Waals surface area contributed by atoms with E-state index in [2.05, 4.69) is 25.9 Å². The van der Waals surface area contributed by atoms with Gasteiger partial charge in [0.05, 0.1) is 5.69 Å². The molecule has 104 valence electrons. The molecule has 3 N–H and O–H groups in total. The van der Waals surface area contributed by atoms with E-state index in [1.54, 1.807) is 0 Å². The molecule has 0 spiro atoms. The van der Waals surface area contributed by atoms with E-state index in [4.69, 9.17) is 10.8 Å². The highest BCUT2D eigenvalue weighted by atomic mass is 79.9. The zero-order valence-corrected chi connectivity index (χ0v) is 12.5. The molecule has 1 aromatic carbocycles. The number of hydrogen-bond donors (Lipinski definition) is 2. The van der Waals surface area contributed by atoms with E-state index in [-0.39, 0.29) is 6.42 Å². The molecular formula is C14H14BrN3O2. The molecule has 2 rings (SSSR count). The number of nitrogens with two attached hydrogens (primary N) is 1. The second-order valence-corrected chi connectivity index (χ2v) is 5.29. The van der Waals surface area contributed by atoms with Gasteiger partial charge in [0.15, 0.2) is 0 Å². The summed E-state index contributed by atoms with van der Waals surface area (Å²) in [6, 6.07) is 8.56. The highest BCUT2D eigenvalue weighted by Gasteiger charge is 2.15. The fraction of sp³-hybridized carbons (Fsp3) is 0.214. The molecular weight excluding hydrogens is 322 g/mol. The van der Waals surface area contributed by atoms with Crippen LogP contribution in [0.1, 0.15) is 11.5 Å². The Bertz CT molecular complexity index is 646. The zero-order valence-electron chi connectivity index (χ0n) is 10.9. The van der Waals surface area contributed by atoms with E-state index in [9.17, 15) is 4.79 Å². The van der Waals surface area contributed by atoms with E-state index >= 15 is 0 Å². The first-order valence-corrected chi connectivity index (χ1v) is 6.84. The minimum absolute atomic E-state index is 0.106. The molecule has 5 nitrogen and oxygen atoms in total. The summed E-state index contributed by atoms with van der Waals surface area (Å²) in [5.41, 5.74) is 7.99. The van der Waals surface area contributed by atoms with Crippen LogP contribution in [0.2, 0.25) is 0 Å². The topological polar surface area (TPSA) is 89.1 Å². The van der Waals surface area contributed by atoms with Crippen molar-refractivity contribution in [3.05, 3.63) is 46.3 Å². The number of carboxylic acid groups (broad SMARTS) is 1. The number of hydrogen-bond acceptors (Lipinski definition) is 4. The van der Waals surface area contributed by atoms with Gasteiger partial charge in [0, 0.05) is 22.2 Å². The number of carbonyl (C=O) groups is 1. The van der Waals surface area contributed by atoms with Gasteiger partial charge in [-0.3, -0.25) is 4.79 Å². The summed E-state index contributed by atoms with van der Waals surface area (Å²) in [7, 11) is 0. The highest BCUT2D eigenvalue weighted by molar-refractivity contribution is 9.10. The molecule has 1 atom stereocenters. The second-order valence-electron chi connectivity index (χ2n) is 4.44. The van der Waals surface area contributed by atoms with Gasteiger partial charge in [-0.15, -0.1) is 0 Å². The third-order valence-corrected chi connectivity index (χ3v) is 3.46. The Kier molecular flexibility index (Phi) is 4.46. The second kappa shape index (κ2) is 6.11. The smallest absolute Gasteiger partial charge is 0.320 e. The van der Waals surface area contributed by atoms with Crippen LogP contribution in [0.25, 0.3) is 11.3 Å². The third kappa shape index (κ3) is 3.40. The number of aryl methyl sites for hydroxylation is 1. The lowest BCUT2D eigenvalue weighted by Crippen LogP contribution is -2.33. The van der Waals surface area contributed by atoms with Crippen molar-refractivity contribution in [3.8, 4) is 11.3 Å². The average molecular weight is 336 g/mol. The van der Waals surface area contributed by atoms with Gasteiger partial charge in [0.1, 0.15) is 11.9 Å². The van der Waals surface area contributed by atoms with Crippen LogP contribution >= 0.6 is 15.9 Å². The Morgan fingerprint density at radius 3 is 2.75 bits per heavy atom. The maximum absolute atomic E-state index is 10.8. The van der Waals surface area contributed by atoms with E-state index in [0.717, 1.165) is 21.4 Å². The van der Waals surface area contributed by atoms with E-state index in [0.29, 0.717) is 5.82 Å². The number of halogens is 1. The number of aromatic nitrogens is 2. The number of nitrogens with zero attached hydrogens (tertiary/aromatic N) is 2. The molecule has 0 aliphatic heterocycles. The van der Waals surface area contributed by atoms with Gasteiger partial charge >= 0.3 is 5.97 Å². The molecule has 0 aliphatic carbocycles. The van der Waals surface area contributed by atoms with Gasteiger partial charge < -0.3 is 10.8 Å². The summed E-state index contributed by atoms with van der Waals surface area (Å²) in [6.45, 7) is 1.85. The van der Waals surface area contributed by atoms with Gasteiger partial charge in [0.2, 0.25) is 0 Å². The highest BCUT2D eigenvalue weighted by Crippen LogP contribution is 2.26. The first kappa shape index (κ1) is 14.6. The molecule has 20 heavy (non-hydrogen) atoms. The predicted molar refractivity (Wildman–Crippen MR) is 79.2 cm³/mol.